The molecule has 0 spiro atoms. The molecule has 238 valence electrons. The average molecular weight is 681 g/mol. The maximum atomic E-state index is 12.2. The molecule has 0 bridgehead atoms. The van der Waals surface area contributed by atoms with Crippen LogP contribution in [-0.4, -0.2) is 116 Å². The molecule has 1 N–H and O–H groups in total. The van der Waals surface area contributed by atoms with Gasteiger partial charge in [0.25, 0.3) is 0 Å². The maximum absolute atomic E-state index is 12.2. The van der Waals surface area contributed by atoms with Crippen LogP contribution in [0.25, 0.3) is 0 Å². The standard InChI is InChI=1S/C24H40O12S5/c25-11-24(16-34-21(29)4-9-40,17-35-22(30)5-10-41)36-15-23(12-31-18(26)1-6-37,13-32-19(27)2-7-38)14-33-20(28)3-8-39/h25,37-41H,1-17H2. The molecule has 0 heterocycles. The number of carbonyl (C=O) groups excluding carboxylic acids is 5. The lowest BCUT2D eigenvalue weighted by Crippen LogP contribution is -2.52. The second-order valence-electron chi connectivity index (χ2n) is 8.80. The first kappa shape index (κ1) is 40.0. The Labute approximate surface area is 267 Å². The first-order chi connectivity index (χ1) is 19.5. The minimum atomic E-state index is -1.77. The number of aliphatic hydroxyl groups is 1. The number of rotatable bonds is 24. The molecule has 0 amide bonds. The van der Waals surface area contributed by atoms with Crippen molar-refractivity contribution in [3.8, 4) is 0 Å². The fraction of sp³-hybridized carbons (Fsp3) is 0.792. The Morgan fingerprint density at radius 1 is 0.463 bits per heavy atom. The van der Waals surface area contributed by atoms with Crippen LogP contribution in [0, 0.1) is 5.41 Å². The van der Waals surface area contributed by atoms with Gasteiger partial charge in [-0.05, 0) is 0 Å². The summed E-state index contributed by atoms with van der Waals surface area (Å²) in [6, 6.07) is 0. The average Bonchev–Trinajstić information content (AvgIpc) is 2.94. The van der Waals surface area contributed by atoms with Crippen LogP contribution >= 0.6 is 63.1 Å². The van der Waals surface area contributed by atoms with Gasteiger partial charge in [0.15, 0.2) is 5.60 Å². The number of ether oxygens (including phenoxy) is 6. The summed E-state index contributed by atoms with van der Waals surface area (Å²) < 4.78 is 32.6. The molecule has 0 aliphatic rings. The van der Waals surface area contributed by atoms with Gasteiger partial charge in [-0.3, -0.25) is 24.0 Å². The highest BCUT2D eigenvalue weighted by Gasteiger charge is 2.42. The molecule has 0 aromatic heterocycles. The van der Waals surface area contributed by atoms with Gasteiger partial charge in [-0.1, -0.05) is 0 Å². The summed E-state index contributed by atoms with van der Waals surface area (Å²) >= 11 is 20.0. The van der Waals surface area contributed by atoms with Crippen molar-refractivity contribution >= 4 is 93.0 Å². The number of hydrogen-bond donors (Lipinski definition) is 6. The quantitative estimate of drug-likeness (QED) is 0.0489. The van der Waals surface area contributed by atoms with Crippen molar-refractivity contribution in [1.29, 1.82) is 0 Å². The van der Waals surface area contributed by atoms with Crippen molar-refractivity contribution in [2.45, 2.75) is 37.7 Å². The summed E-state index contributed by atoms with van der Waals surface area (Å²) in [7, 11) is 0. The maximum Gasteiger partial charge on any atom is 0.306 e. The first-order valence-electron chi connectivity index (χ1n) is 12.6. The van der Waals surface area contributed by atoms with E-state index in [0.29, 0.717) is 0 Å². The van der Waals surface area contributed by atoms with Crippen molar-refractivity contribution in [3.05, 3.63) is 0 Å². The van der Waals surface area contributed by atoms with Gasteiger partial charge >= 0.3 is 29.8 Å². The van der Waals surface area contributed by atoms with Crippen molar-refractivity contribution in [3.63, 3.8) is 0 Å². The van der Waals surface area contributed by atoms with E-state index in [2.05, 4.69) is 63.1 Å². The van der Waals surface area contributed by atoms with E-state index in [1.165, 1.54) is 0 Å². The van der Waals surface area contributed by atoms with Crippen LogP contribution in [0.4, 0.5) is 0 Å². The molecule has 0 atom stereocenters. The predicted molar refractivity (Wildman–Crippen MR) is 165 cm³/mol. The zero-order chi connectivity index (χ0) is 31.2. The lowest BCUT2D eigenvalue weighted by Gasteiger charge is -2.37. The Morgan fingerprint density at radius 3 is 0.976 bits per heavy atom. The Bertz CT molecular complexity index is 737. The van der Waals surface area contributed by atoms with Crippen molar-refractivity contribution in [2.24, 2.45) is 5.41 Å². The number of aliphatic hydroxyl groups excluding tert-OH is 1. The van der Waals surface area contributed by atoms with Gasteiger partial charge in [-0.2, -0.15) is 63.1 Å². The molecule has 0 aromatic rings. The van der Waals surface area contributed by atoms with E-state index in [1.54, 1.807) is 0 Å². The van der Waals surface area contributed by atoms with E-state index >= 15 is 0 Å². The predicted octanol–water partition coefficient (Wildman–Crippen LogP) is 1.04. The molecule has 17 heteroatoms. The van der Waals surface area contributed by atoms with Crippen LogP contribution in [0.2, 0.25) is 0 Å². The van der Waals surface area contributed by atoms with Crippen molar-refractivity contribution in [1.82, 2.24) is 0 Å². The summed E-state index contributed by atoms with van der Waals surface area (Å²) in [5.41, 5.74) is -3.25. The molecule has 0 saturated heterocycles. The molecule has 0 saturated carbocycles. The zero-order valence-corrected chi connectivity index (χ0v) is 27.2. The number of thiol groups is 5. The van der Waals surface area contributed by atoms with Crippen LogP contribution in [0.5, 0.6) is 0 Å². The third kappa shape index (κ3) is 18.3. The fourth-order valence-corrected chi connectivity index (χ4v) is 3.67. The van der Waals surface area contributed by atoms with E-state index in [1.807, 2.05) is 0 Å². The highest BCUT2D eigenvalue weighted by atomic mass is 32.1. The van der Waals surface area contributed by atoms with E-state index in [0.717, 1.165) is 0 Å². The van der Waals surface area contributed by atoms with Gasteiger partial charge in [0.2, 0.25) is 0 Å². The monoisotopic (exact) mass is 680 g/mol. The number of hydrogen-bond acceptors (Lipinski definition) is 17. The molecule has 0 rings (SSSR count). The zero-order valence-electron chi connectivity index (χ0n) is 22.7. The molecular weight excluding hydrogens is 641 g/mol. The highest BCUT2D eigenvalue weighted by Crippen LogP contribution is 2.26. The minimum Gasteiger partial charge on any atom is -0.465 e. The van der Waals surface area contributed by atoms with Gasteiger partial charge in [0, 0.05) is 28.8 Å². The van der Waals surface area contributed by atoms with E-state index in [9.17, 15) is 29.1 Å². The van der Waals surface area contributed by atoms with E-state index < -0.39 is 87.1 Å². The van der Waals surface area contributed by atoms with Crippen LogP contribution in [0.15, 0.2) is 0 Å². The lowest BCUT2D eigenvalue weighted by molar-refractivity contribution is -0.202. The first-order valence-corrected chi connectivity index (χ1v) is 15.8. The largest absolute Gasteiger partial charge is 0.465 e. The minimum absolute atomic E-state index is 0.0261. The molecule has 0 aliphatic heterocycles. The Morgan fingerprint density at radius 2 is 0.732 bits per heavy atom. The Balaban J connectivity index is 6.23. The SMILES string of the molecule is O=C(CCS)OCC(COC(=O)CCS)(COC(=O)CCS)COC(CO)(COC(=O)CCS)COC(=O)CCS. The fourth-order valence-electron chi connectivity index (χ4n) is 2.76. The van der Waals surface area contributed by atoms with E-state index in [-0.39, 0.29) is 60.9 Å². The molecule has 12 nitrogen and oxygen atoms in total. The van der Waals surface area contributed by atoms with Crippen LogP contribution in [0.1, 0.15) is 32.1 Å². The molecule has 0 aromatic carbocycles. The van der Waals surface area contributed by atoms with Gasteiger partial charge in [0.05, 0.1) is 50.7 Å². The van der Waals surface area contributed by atoms with Gasteiger partial charge in [0.1, 0.15) is 33.0 Å². The summed E-state index contributed by atoms with van der Waals surface area (Å²) in [6.07, 6.45) is -0.139. The Hall–Kier alpha value is -0.980. The van der Waals surface area contributed by atoms with E-state index in [4.69, 9.17) is 28.4 Å². The normalized spacial score (nSPS) is 11.5. The highest BCUT2D eigenvalue weighted by molar-refractivity contribution is 7.80. The second-order valence-corrected chi connectivity index (χ2v) is 11.0. The molecular formula is C24H40O12S5. The van der Waals surface area contributed by atoms with Crippen LogP contribution in [0.3, 0.4) is 0 Å². The molecule has 0 unspecified atom stereocenters. The van der Waals surface area contributed by atoms with Crippen LogP contribution in [-0.2, 0) is 52.4 Å². The van der Waals surface area contributed by atoms with Gasteiger partial charge < -0.3 is 33.5 Å². The van der Waals surface area contributed by atoms with Gasteiger partial charge in [-0.15, -0.1) is 0 Å². The summed E-state index contributed by atoms with van der Waals surface area (Å²) in [4.78, 5) is 60.7. The molecule has 0 aliphatic carbocycles. The topological polar surface area (TPSA) is 161 Å². The molecule has 0 fully saturated rings. The molecule has 0 radical (unpaired) electrons. The Kier molecular flexibility index (Phi) is 22.9. The summed E-state index contributed by atoms with van der Waals surface area (Å²) in [5.74, 6) is -2.12. The summed E-state index contributed by atoms with van der Waals surface area (Å²) in [6.45, 7) is -3.58. The molecule has 41 heavy (non-hydrogen) atoms. The van der Waals surface area contributed by atoms with Crippen molar-refractivity contribution < 1.29 is 57.5 Å². The number of esters is 5. The lowest BCUT2D eigenvalue weighted by atomic mass is 9.91. The smallest absolute Gasteiger partial charge is 0.306 e. The van der Waals surface area contributed by atoms with Crippen molar-refractivity contribution in [2.75, 3.05) is 75.0 Å². The number of carbonyl (C=O) groups is 5. The third-order valence-corrected chi connectivity index (χ3v) is 6.28. The second kappa shape index (κ2) is 23.5. The van der Waals surface area contributed by atoms with Gasteiger partial charge in [-0.25, -0.2) is 0 Å². The third-order valence-electron chi connectivity index (χ3n) is 5.16. The summed E-state index contributed by atoms with van der Waals surface area (Å²) in [5, 5.41) is 10.3. The van der Waals surface area contributed by atoms with Crippen LogP contribution < -0.4 is 0 Å².